The Morgan fingerprint density at radius 1 is 1.53 bits per heavy atom. The highest BCUT2D eigenvalue weighted by molar-refractivity contribution is 5.74. The van der Waals surface area contributed by atoms with E-state index in [2.05, 4.69) is 5.32 Å². The van der Waals surface area contributed by atoms with E-state index in [1.807, 2.05) is 0 Å². The zero-order valence-corrected chi connectivity index (χ0v) is 9.13. The summed E-state index contributed by atoms with van der Waals surface area (Å²) in [6.45, 7) is 1.61. The van der Waals surface area contributed by atoms with Gasteiger partial charge in [0, 0.05) is 12.5 Å². The van der Waals surface area contributed by atoms with Crippen LogP contribution in [-0.2, 0) is 4.79 Å². The molecule has 0 aliphatic carbocycles. The molecule has 1 aromatic carbocycles. The Kier molecular flexibility index (Phi) is 3.99. The summed E-state index contributed by atoms with van der Waals surface area (Å²) in [4.78, 5) is 10.6. The van der Waals surface area contributed by atoms with Gasteiger partial charge in [0.2, 0.25) is 5.91 Å². The summed E-state index contributed by atoms with van der Waals surface area (Å²) < 4.78 is 26.7. The fourth-order valence-electron chi connectivity index (χ4n) is 1.37. The molecule has 0 aromatic heterocycles. The standard InChI is InChI=1S/C11H11F2N3O/c1-6(4-9(15)17)16-8-3-2-7(5-14)10(12)11(8)13/h2-3,6,16H,4H2,1H3,(H2,15,17). The van der Waals surface area contributed by atoms with E-state index in [1.165, 1.54) is 12.1 Å². The van der Waals surface area contributed by atoms with Gasteiger partial charge in [0.25, 0.3) is 0 Å². The predicted molar refractivity (Wildman–Crippen MR) is 58.0 cm³/mol. The first-order chi connectivity index (χ1) is 7.95. The monoisotopic (exact) mass is 239 g/mol. The van der Waals surface area contributed by atoms with E-state index in [-0.39, 0.29) is 17.7 Å². The Labute approximate surface area is 97.0 Å². The molecule has 0 bridgehead atoms. The number of hydrogen-bond acceptors (Lipinski definition) is 3. The van der Waals surface area contributed by atoms with Crippen molar-refractivity contribution in [3.63, 3.8) is 0 Å². The van der Waals surface area contributed by atoms with Gasteiger partial charge in [-0.3, -0.25) is 4.79 Å². The number of nitrogens with two attached hydrogens (primary N) is 1. The minimum absolute atomic E-state index is 0.00105. The third-order valence-electron chi connectivity index (χ3n) is 2.11. The number of carbonyl (C=O) groups excluding carboxylic acids is 1. The van der Waals surface area contributed by atoms with Gasteiger partial charge in [-0.1, -0.05) is 0 Å². The second-order valence-corrected chi connectivity index (χ2v) is 3.62. The molecule has 0 heterocycles. The van der Waals surface area contributed by atoms with Crippen LogP contribution < -0.4 is 11.1 Å². The van der Waals surface area contributed by atoms with Gasteiger partial charge >= 0.3 is 0 Å². The minimum Gasteiger partial charge on any atom is -0.380 e. The predicted octanol–water partition coefficient (Wildman–Crippen LogP) is 1.51. The van der Waals surface area contributed by atoms with E-state index in [4.69, 9.17) is 11.0 Å². The average molecular weight is 239 g/mol. The summed E-state index contributed by atoms with van der Waals surface area (Å²) in [6, 6.07) is 3.52. The molecule has 17 heavy (non-hydrogen) atoms. The molecule has 1 rings (SSSR count). The topological polar surface area (TPSA) is 78.9 Å². The maximum absolute atomic E-state index is 13.4. The number of nitriles is 1. The van der Waals surface area contributed by atoms with E-state index >= 15 is 0 Å². The first kappa shape index (κ1) is 12.9. The molecule has 1 atom stereocenters. The van der Waals surface area contributed by atoms with Crippen molar-refractivity contribution < 1.29 is 13.6 Å². The van der Waals surface area contributed by atoms with E-state index < -0.39 is 23.6 Å². The lowest BCUT2D eigenvalue weighted by Gasteiger charge is -2.14. The molecular formula is C11H11F2N3O. The fourth-order valence-corrected chi connectivity index (χ4v) is 1.37. The van der Waals surface area contributed by atoms with Crippen molar-refractivity contribution in [3.8, 4) is 6.07 Å². The molecular weight excluding hydrogens is 228 g/mol. The van der Waals surface area contributed by atoms with Crippen LogP contribution in [0.5, 0.6) is 0 Å². The number of anilines is 1. The molecule has 6 heteroatoms. The summed E-state index contributed by atoms with van der Waals surface area (Å²) >= 11 is 0. The maximum atomic E-state index is 13.4. The molecule has 3 N–H and O–H groups in total. The number of hydrogen-bond donors (Lipinski definition) is 2. The van der Waals surface area contributed by atoms with Crippen molar-refractivity contribution in [1.29, 1.82) is 5.26 Å². The van der Waals surface area contributed by atoms with Gasteiger partial charge in [0.15, 0.2) is 11.6 Å². The summed E-state index contributed by atoms with van der Waals surface area (Å²) in [5, 5.41) is 11.1. The van der Waals surface area contributed by atoms with Crippen LogP contribution in [0.15, 0.2) is 12.1 Å². The van der Waals surface area contributed by atoms with Gasteiger partial charge in [0.1, 0.15) is 6.07 Å². The first-order valence-corrected chi connectivity index (χ1v) is 4.88. The Bertz CT molecular complexity index is 482. The highest BCUT2D eigenvalue weighted by atomic mass is 19.2. The van der Waals surface area contributed by atoms with Crippen molar-refractivity contribution >= 4 is 11.6 Å². The molecule has 90 valence electrons. The second-order valence-electron chi connectivity index (χ2n) is 3.62. The molecule has 1 unspecified atom stereocenters. The number of nitrogens with one attached hydrogen (secondary N) is 1. The van der Waals surface area contributed by atoms with Gasteiger partial charge in [0.05, 0.1) is 11.3 Å². The van der Waals surface area contributed by atoms with Gasteiger partial charge in [-0.25, -0.2) is 8.78 Å². The van der Waals surface area contributed by atoms with Gasteiger partial charge in [-0.05, 0) is 19.1 Å². The lowest BCUT2D eigenvalue weighted by Crippen LogP contribution is -2.24. The highest BCUT2D eigenvalue weighted by Gasteiger charge is 2.15. The summed E-state index contributed by atoms with van der Waals surface area (Å²) in [5.41, 5.74) is 4.50. The zero-order chi connectivity index (χ0) is 13.0. The van der Waals surface area contributed by atoms with Crippen molar-refractivity contribution in [2.45, 2.75) is 19.4 Å². The Morgan fingerprint density at radius 2 is 2.18 bits per heavy atom. The van der Waals surface area contributed by atoms with Crippen LogP contribution in [0.1, 0.15) is 18.9 Å². The molecule has 4 nitrogen and oxygen atoms in total. The molecule has 1 amide bonds. The maximum Gasteiger partial charge on any atom is 0.219 e. The molecule has 1 aromatic rings. The molecule has 0 fully saturated rings. The molecule has 0 saturated carbocycles. The van der Waals surface area contributed by atoms with Crippen molar-refractivity contribution in [3.05, 3.63) is 29.3 Å². The Balaban J connectivity index is 2.90. The van der Waals surface area contributed by atoms with Crippen molar-refractivity contribution in [2.75, 3.05) is 5.32 Å². The van der Waals surface area contributed by atoms with E-state index in [9.17, 15) is 13.6 Å². The van der Waals surface area contributed by atoms with Crippen LogP contribution >= 0.6 is 0 Å². The summed E-state index contributed by atoms with van der Waals surface area (Å²) in [7, 11) is 0. The van der Waals surface area contributed by atoms with Gasteiger partial charge in [-0.2, -0.15) is 5.26 Å². The molecule has 0 radical (unpaired) electrons. The second kappa shape index (κ2) is 5.25. The quantitative estimate of drug-likeness (QED) is 0.835. The lowest BCUT2D eigenvalue weighted by atomic mass is 10.1. The zero-order valence-electron chi connectivity index (χ0n) is 9.13. The smallest absolute Gasteiger partial charge is 0.219 e. The van der Waals surface area contributed by atoms with Crippen LogP contribution in [0.25, 0.3) is 0 Å². The average Bonchev–Trinajstić information content (AvgIpc) is 2.24. The number of benzene rings is 1. The van der Waals surface area contributed by atoms with Gasteiger partial charge in [-0.15, -0.1) is 0 Å². The van der Waals surface area contributed by atoms with E-state index in [0.29, 0.717) is 0 Å². The molecule has 0 aliphatic rings. The third-order valence-corrected chi connectivity index (χ3v) is 2.11. The van der Waals surface area contributed by atoms with Crippen molar-refractivity contribution in [2.24, 2.45) is 5.73 Å². The summed E-state index contributed by atoms with van der Waals surface area (Å²) in [5.74, 6) is -2.89. The first-order valence-electron chi connectivity index (χ1n) is 4.88. The van der Waals surface area contributed by atoms with E-state index in [1.54, 1.807) is 6.92 Å². The SMILES string of the molecule is CC(CC(N)=O)Nc1ccc(C#N)c(F)c1F. The number of amides is 1. The van der Waals surface area contributed by atoms with E-state index in [0.717, 1.165) is 6.07 Å². The number of carbonyl (C=O) groups is 1. The number of nitrogens with zero attached hydrogens (tertiary/aromatic N) is 1. The van der Waals surface area contributed by atoms with Crippen LogP contribution in [0, 0.1) is 23.0 Å². The number of halogens is 2. The van der Waals surface area contributed by atoms with Crippen molar-refractivity contribution in [1.82, 2.24) is 0 Å². The minimum atomic E-state index is -1.20. The molecule has 0 saturated heterocycles. The number of primary amides is 1. The van der Waals surface area contributed by atoms with Crippen LogP contribution in [0.4, 0.5) is 14.5 Å². The fraction of sp³-hybridized carbons (Fsp3) is 0.273. The molecule has 0 aliphatic heterocycles. The largest absolute Gasteiger partial charge is 0.380 e. The van der Waals surface area contributed by atoms with Crippen LogP contribution in [0.3, 0.4) is 0 Å². The third kappa shape index (κ3) is 3.14. The van der Waals surface area contributed by atoms with Crippen LogP contribution in [0.2, 0.25) is 0 Å². The highest BCUT2D eigenvalue weighted by Crippen LogP contribution is 2.21. The lowest BCUT2D eigenvalue weighted by molar-refractivity contribution is -0.118. The number of rotatable bonds is 4. The Morgan fingerprint density at radius 3 is 2.71 bits per heavy atom. The van der Waals surface area contributed by atoms with Crippen LogP contribution in [-0.4, -0.2) is 11.9 Å². The normalized spacial score (nSPS) is 11.6. The van der Waals surface area contributed by atoms with Gasteiger partial charge < -0.3 is 11.1 Å². The molecule has 0 spiro atoms. The summed E-state index contributed by atoms with van der Waals surface area (Å²) in [6.07, 6.45) is 0.00105. The Hall–Kier alpha value is -2.16.